The Morgan fingerprint density at radius 1 is 0.296 bits per heavy atom. The number of aliphatic hydroxyl groups is 1. The van der Waals surface area contributed by atoms with Gasteiger partial charge in [-0.15, -0.1) is 0 Å². The van der Waals surface area contributed by atoms with Gasteiger partial charge in [0.15, 0.2) is 12.2 Å². The third-order valence-corrected chi connectivity index (χ3v) is 18.6. The van der Waals surface area contributed by atoms with Gasteiger partial charge in [-0.05, 0) is 116 Å². The van der Waals surface area contributed by atoms with E-state index in [2.05, 4.69) is 101 Å². The number of phosphoric acid groups is 2. The molecule has 17 nitrogen and oxygen atoms in total. The summed E-state index contributed by atoms with van der Waals surface area (Å²) in [5, 5.41) is 10.6. The summed E-state index contributed by atoms with van der Waals surface area (Å²) in [4.78, 5) is 72.9. The topological polar surface area (TPSA) is 237 Å². The Bertz CT molecular complexity index is 2140. The molecule has 3 N–H and O–H groups in total. The Hall–Kier alpha value is -3.50. The number of ether oxygens (including phenoxy) is 4. The van der Waals surface area contributed by atoms with E-state index in [1.807, 2.05) is 0 Å². The number of carbonyl (C=O) groups excluding carboxylic acids is 4. The summed E-state index contributed by atoms with van der Waals surface area (Å²) in [6.07, 6.45) is 71.7. The molecule has 0 aromatic heterocycles. The Morgan fingerprint density at radius 2 is 0.531 bits per heavy atom. The van der Waals surface area contributed by atoms with E-state index < -0.39 is 97.5 Å². The first-order chi connectivity index (χ1) is 47.7. The van der Waals surface area contributed by atoms with Crippen LogP contribution < -0.4 is 0 Å². The summed E-state index contributed by atoms with van der Waals surface area (Å²) in [5.74, 6) is -2.19. The second-order valence-electron chi connectivity index (χ2n) is 26.3. The maximum Gasteiger partial charge on any atom is 0.472 e. The van der Waals surface area contributed by atoms with Crippen LogP contribution in [0.3, 0.4) is 0 Å². The summed E-state index contributed by atoms with van der Waals surface area (Å²) in [6.45, 7) is 4.74. The third kappa shape index (κ3) is 70.9. The molecule has 0 spiro atoms. The first kappa shape index (κ1) is 94.5. The van der Waals surface area contributed by atoms with Crippen LogP contribution in [0.2, 0.25) is 0 Å². The highest BCUT2D eigenvalue weighted by Crippen LogP contribution is 2.45. The second kappa shape index (κ2) is 71.9. The van der Waals surface area contributed by atoms with E-state index >= 15 is 0 Å². The molecule has 0 aliphatic heterocycles. The number of carbonyl (C=O) groups is 4. The van der Waals surface area contributed by atoms with E-state index in [0.717, 1.165) is 154 Å². The van der Waals surface area contributed by atoms with Crippen LogP contribution in [0.4, 0.5) is 0 Å². The van der Waals surface area contributed by atoms with E-state index in [0.29, 0.717) is 25.7 Å². The van der Waals surface area contributed by atoms with Crippen molar-refractivity contribution in [1.29, 1.82) is 0 Å². The standard InChI is InChI=1S/C79H142O17P2/c1-5-9-13-17-21-25-29-33-35-36-38-41-44-48-52-56-60-64-77(82)90-70-75(96-79(84)66-62-58-54-50-46-42-37-34-30-26-22-18-14-10-6-2)72-94-98(87,88)92-68-73(80)67-91-97(85,86)93-71-74(95-78(83)65-61-57-53-49-45-40-32-28-24-20-16-12-8-4)69-89-76(81)63-59-55-51-47-43-39-31-27-23-19-15-11-7-3/h9,13,21,25,27-28,31-33,35,38,41,73-75,80H,5-8,10-12,14-20,22-24,26,29-30,34,36-37,39-40,42-72H2,1-4H3,(H,85,86)(H,87,88)/b13-9-,25-21-,31-27-,32-28-,35-33-,41-38-. The first-order valence-corrected chi connectivity index (χ1v) is 42.2. The van der Waals surface area contributed by atoms with E-state index in [1.165, 1.54) is 116 Å². The number of esters is 4. The Balaban J connectivity index is 5.35. The molecule has 0 heterocycles. The summed E-state index contributed by atoms with van der Waals surface area (Å²) >= 11 is 0. The van der Waals surface area contributed by atoms with Crippen LogP contribution in [0.15, 0.2) is 72.9 Å². The van der Waals surface area contributed by atoms with Gasteiger partial charge in [0.25, 0.3) is 0 Å². The highest BCUT2D eigenvalue weighted by Gasteiger charge is 2.30. The third-order valence-electron chi connectivity index (χ3n) is 16.7. The molecular weight excluding hydrogens is 1280 g/mol. The molecule has 19 heteroatoms. The van der Waals surface area contributed by atoms with Gasteiger partial charge >= 0.3 is 39.5 Å². The van der Waals surface area contributed by atoms with Crippen molar-refractivity contribution in [3.8, 4) is 0 Å². The predicted molar refractivity (Wildman–Crippen MR) is 400 cm³/mol. The lowest BCUT2D eigenvalue weighted by atomic mass is 10.0. The fraction of sp³-hybridized carbons (Fsp3) is 0.797. The number of rotatable bonds is 74. The molecule has 0 aromatic rings. The lowest BCUT2D eigenvalue weighted by Gasteiger charge is -2.21. The van der Waals surface area contributed by atoms with Gasteiger partial charge in [-0.3, -0.25) is 37.3 Å². The van der Waals surface area contributed by atoms with Gasteiger partial charge in [-0.1, -0.05) is 280 Å². The van der Waals surface area contributed by atoms with Crippen molar-refractivity contribution in [2.45, 2.75) is 367 Å². The number of aliphatic hydroxyl groups excluding tert-OH is 1. The van der Waals surface area contributed by atoms with Crippen LogP contribution in [0, 0.1) is 0 Å². The van der Waals surface area contributed by atoms with Crippen LogP contribution in [-0.2, 0) is 65.4 Å². The minimum absolute atomic E-state index is 0.0862. The van der Waals surface area contributed by atoms with Gasteiger partial charge in [-0.2, -0.15) is 0 Å². The largest absolute Gasteiger partial charge is 0.472 e. The van der Waals surface area contributed by atoms with Crippen LogP contribution in [0.25, 0.3) is 0 Å². The summed E-state index contributed by atoms with van der Waals surface area (Å²) in [6, 6.07) is 0. The molecule has 0 bridgehead atoms. The zero-order valence-corrected chi connectivity index (χ0v) is 64.0. The van der Waals surface area contributed by atoms with E-state index in [9.17, 15) is 43.2 Å². The van der Waals surface area contributed by atoms with Gasteiger partial charge in [0.2, 0.25) is 0 Å². The maximum atomic E-state index is 13.1. The molecule has 5 atom stereocenters. The summed E-state index contributed by atoms with van der Waals surface area (Å²) < 4.78 is 68.5. The zero-order valence-electron chi connectivity index (χ0n) is 62.2. The monoisotopic (exact) mass is 1420 g/mol. The average molecular weight is 1430 g/mol. The van der Waals surface area contributed by atoms with Crippen molar-refractivity contribution in [3.05, 3.63) is 72.9 Å². The van der Waals surface area contributed by atoms with Crippen molar-refractivity contribution in [1.82, 2.24) is 0 Å². The van der Waals surface area contributed by atoms with Crippen molar-refractivity contribution >= 4 is 39.5 Å². The zero-order chi connectivity index (χ0) is 71.8. The molecule has 0 aliphatic carbocycles. The molecule has 0 rings (SSSR count). The number of phosphoric ester groups is 2. The summed E-state index contributed by atoms with van der Waals surface area (Å²) in [5.41, 5.74) is 0. The van der Waals surface area contributed by atoms with Crippen LogP contribution in [-0.4, -0.2) is 96.7 Å². The van der Waals surface area contributed by atoms with Gasteiger partial charge in [0.1, 0.15) is 19.3 Å². The molecule has 0 amide bonds. The Kier molecular flexibility index (Phi) is 69.3. The van der Waals surface area contributed by atoms with Crippen molar-refractivity contribution in [3.63, 3.8) is 0 Å². The van der Waals surface area contributed by atoms with Crippen molar-refractivity contribution in [2.24, 2.45) is 0 Å². The number of hydrogen-bond acceptors (Lipinski definition) is 15. The minimum atomic E-state index is -4.98. The van der Waals surface area contributed by atoms with E-state index in [4.69, 9.17) is 37.0 Å². The van der Waals surface area contributed by atoms with E-state index in [1.54, 1.807) is 0 Å². The molecule has 570 valence electrons. The molecule has 0 saturated heterocycles. The maximum absolute atomic E-state index is 13.1. The SMILES string of the molecule is CC/C=C\C/C=C\C/C=C\C/C=C\CCCCCCC(=O)OCC(COP(=O)(O)OCC(O)COP(=O)(O)OCC(COC(=O)CCCCCCC/C=C\CCCCCC)OC(=O)CCCCCCC/C=C\CCCCCC)OC(=O)CCCCCCCCCCCCCCCCC. The highest BCUT2D eigenvalue weighted by atomic mass is 31.2. The Morgan fingerprint density at radius 3 is 0.837 bits per heavy atom. The minimum Gasteiger partial charge on any atom is -0.462 e. The predicted octanol–water partition coefficient (Wildman–Crippen LogP) is 22.4. The quantitative estimate of drug-likeness (QED) is 0.0169. The summed E-state index contributed by atoms with van der Waals surface area (Å²) in [7, 11) is -9.95. The highest BCUT2D eigenvalue weighted by molar-refractivity contribution is 7.47. The van der Waals surface area contributed by atoms with Crippen LogP contribution in [0.1, 0.15) is 349 Å². The molecule has 5 unspecified atom stereocenters. The van der Waals surface area contributed by atoms with Crippen molar-refractivity contribution in [2.75, 3.05) is 39.6 Å². The molecule has 0 fully saturated rings. The van der Waals surface area contributed by atoms with Crippen LogP contribution >= 0.6 is 15.6 Å². The van der Waals surface area contributed by atoms with Gasteiger partial charge in [0.05, 0.1) is 26.4 Å². The number of unbranched alkanes of at least 4 members (excludes halogenated alkanes) is 36. The molecule has 0 saturated carbocycles. The Labute approximate surface area is 596 Å². The normalized spacial score (nSPS) is 14.3. The number of allylic oxidation sites excluding steroid dienone is 12. The van der Waals surface area contributed by atoms with Crippen LogP contribution in [0.5, 0.6) is 0 Å². The van der Waals surface area contributed by atoms with Gasteiger partial charge in [0, 0.05) is 25.7 Å². The van der Waals surface area contributed by atoms with Crippen molar-refractivity contribution < 1.29 is 80.2 Å². The molecule has 98 heavy (non-hydrogen) atoms. The first-order valence-electron chi connectivity index (χ1n) is 39.2. The fourth-order valence-electron chi connectivity index (χ4n) is 10.7. The smallest absolute Gasteiger partial charge is 0.462 e. The average Bonchev–Trinajstić information content (AvgIpc) is 1.05. The van der Waals surface area contributed by atoms with Gasteiger partial charge < -0.3 is 33.8 Å². The van der Waals surface area contributed by atoms with Gasteiger partial charge in [-0.25, -0.2) is 9.13 Å². The lowest BCUT2D eigenvalue weighted by Crippen LogP contribution is -2.30. The van der Waals surface area contributed by atoms with E-state index in [-0.39, 0.29) is 25.7 Å². The molecule has 0 aliphatic rings. The fourth-order valence-corrected chi connectivity index (χ4v) is 12.3. The molecule has 0 radical (unpaired) electrons. The lowest BCUT2D eigenvalue weighted by molar-refractivity contribution is -0.161. The molecule has 0 aromatic carbocycles. The molecular formula is C79H142O17P2. The second-order valence-corrected chi connectivity index (χ2v) is 29.2. The number of hydrogen-bond donors (Lipinski definition) is 3.